The average molecular weight is 275 g/mol. The number of piperazine rings is 1. The third kappa shape index (κ3) is 4.52. The molecule has 2 N–H and O–H groups in total. The summed E-state index contributed by atoms with van der Waals surface area (Å²) in [5.74, 6) is -0.766. The van der Waals surface area contributed by atoms with Crippen LogP contribution in [0.25, 0.3) is 0 Å². The number of carbonyl (C=O) groups excluding carboxylic acids is 2. The van der Waals surface area contributed by atoms with E-state index >= 15 is 0 Å². The molecule has 16 heavy (non-hydrogen) atoms. The zero-order valence-corrected chi connectivity index (χ0v) is 10.7. The normalized spacial score (nSPS) is 23.4. The van der Waals surface area contributed by atoms with Gasteiger partial charge in [0.2, 0.25) is 0 Å². The van der Waals surface area contributed by atoms with Crippen LogP contribution in [0.5, 0.6) is 0 Å². The summed E-state index contributed by atoms with van der Waals surface area (Å²) in [6.07, 6.45) is 0. The molecule has 0 amide bonds. The molecule has 0 spiro atoms. The highest BCUT2D eigenvalue weighted by atomic mass is 35.5. The molecule has 2 atom stereocenters. The zero-order valence-electron chi connectivity index (χ0n) is 9.02. The van der Waals surface area contributed by atoms with Gasteiger partial charge in [-0.1, -0.05) is 0 Å². The van der Waals surface area contributed by atoms with Crippen molar-refractivity contribution in [3.63, 3.8) is 0 Å². The van der Waals surface area contributed by atoms with Crippen molar-refractivity contribution in [2.24, 2.45) is 0 Å². The summed E-state index contributed by atoms with van der Waals surface area (Å²) in [6.45, 7) is 0.917. The molecule has 96 valence electrons. The van der Waals surface area contributed by atoms with Gasteiger partial charge in [0.15, 0.2) is 0 Å². The summed E-state index contributed by atoms with van der Waals surface area (Å²) >= 11 is 0. The minimum atomic E-state index is -0.488. The van der Waals surface area contributed by atoms with Gasteiger partial charge < -0.3 is 14.8 Å². The number of rotatable bonds is 2. The maximum absolute atomic E-state index is 11.1. The number of ether oxygens (including phenoxy) is 2. The van der Waals surface area contributed by atoms with Crippen LogP contribution in [0.1, 0.15) is 0 Å². The van der Waals surface area contributed by atoms with E-state index < -0.39 is 12.1 Å². The standard InChI is InChI=1S/C8H14N2O4.2ClH/c1-13-7(11)5-3-9-4-6(10-5)8(12)14-2;;/h5-6,9-10H,3-4H2,1-2H3;2*1H. The fourth-order valence-corrected chi connectivity index (χ4v) is 1.32. The lowest BCUT2D eigenvalue weighted by atomic mass is 10.1. The minimum Gasteiger partial charge on any atom is -0.468 e. The van der Waals surface area contributed by atoms with Gasteiger partial charge >= 0.3 is 11.9 Å². The molecule has 0 aliphatic carbocycles. The topological polar surface area (TPSA) is 76.7 Å². The van der Waals surface area contributed by atoms with Crippen molar-refractivity contribution in [2.45, 2.75) is 12.1 Å². The molecule has 1 heterocycles. The second-order valence-electron chi connectivity index (χ2n) is 2.98. The molecule has 0 aromatic heterocycles. The SMILES string of the molecule is COC(=O)C1CNCC(C(=O)OC)N1.Cl.Cl. The first-order chi connectivity index (χ1) is 6.69. The van der Waals surface area contributed by atoms with Gasteiger partial charge in [-0.05, 0) is 0 Å². The number of halogens is 2. The molecule has 1 aliphatic heterocycles. The lowest BCUT2D eigenvalue weighted by molar-refractivity contribution is -0.147. The smallest absolute Gasteiger partial charge is 0.324 e. The van der Waals surface area contributed by atoms with E-state index in [-0.39, 0.29) is 36.8 Å². The summed E-state index contributed by atoms with van der Waals surface area (Å²) in [5.41, 5.74) is 0. The van der Waals surface area contributed by atoms with Gasteiger partial charge in [-0.3, -0.25) is 14.9 Å². The highest BCUT2D eigenvalue weighted by molar-refractivity contribution is 5.85. The first-order valence-electron chi connectivity index (χ1n) is 4.31. The van der Waals surface area contributed by atoms with E-state index in [1.807, 2.05) is 0 Å². The van der Waals surface area contributed by atoms with Gasteiger partial charge in [0.1, 0.15) is 12.1 Å². The van der Waals surface area contributed by atoms with Crippen LogP contribution in [0.15, 0.2) is 0 Å². The lowest BCUT2D eigenvalue weighted by Crippen LogP contribution is -2.60. The summed E-state index contributed by atoms with van der Waals surface area (Å²) in [5, 5.41) is 5.79. The molecule has 8 heteroatoms. The van der Waals surface area contributed by atoms with Crippen molar-refractivity contribution < 1.29 is 19.1 Å². The van der Waals surface area contributed by atoms with Gasteiger partial charge in [0.05, 0.1) is 14.2 Å². The van der Waals surface area contributed by atoms with E-state index in [1.54, 1.807) is 0 Å². The van der Waals surface area contributed by atoms with Gasteiger partial charge in [-0.25, -0.2) is 0 Å². The molecule has 0 saturated carbocycles. The summed E-state index contributed by atoms with van der Waals surface area (Å²) in [4.78, 5) is 22.3. The third-order valence-corrected chi connectivity index (χ3v) is 2.07. The maximum Gasteiger partial charge on any atom is 0.324 e. The van der Waals surface area contributed by atoms with Crippen LogP contribution >= 0.6 is 24.8 Å². The monoisotopic (exact) mass is 274 g/mol. The Kier molecular flexibility index (Phi) is 9.55. The average Bonchev–Trinajstić information content (AvgIpc) is 2.27. The Morgan fingerprint density at radius 3 is 1.69 bits per heavy atom. The fraction of sp³-hybridized carbons (Fsp3) is 0.750. The van der Waals surface area contributed by atoms with Crippen LogP contribution in [-0.2, 0) is 19.1 Å². The molecule has 1 aliphatic rings. The van der Waals surface area contributed by atoms with Crippen LogP contribution in [0.3, 0.4) is 0 Å². The van der Waals surface area contributed by atoms with Gasteiger partial charge in [-0.2, -0.15) is 0 Å². The number of hydrogen-bond acceptors (Lipinski definition) is 6. The summed E-state index contributed by atoms with van der Waals surface area (Å²) in [6, 6.07) is -0.976. The van der Waals surface area contributed by atoms with Gasteiger partial charge in [0, 0.05) is 13.1 Å². The molecule has 1 saturated heterocycles. The van der Waals surface area contributed by atoms with Crippen molar-refractivity contribution in [1.29, 1.82) is 0 Å². The van der Waals surface area contributed by atoms with Crippen LogP contribution in [0.2, 0.25) is 0 Å². The largest absolute Gasteiger partial charge is 0.468 e. The van der Waals surface area contributed by atoms with E-state index in [1.165, 1.54) is 14.2 Å². The number of hydrogen-bond donors (Lipinski definition) is 2. The first-order valence-corrected chi connectivity index (χ1v) is 4.31. The second-order valence-corrected chi connectivity index (χ2v) is 2.98. The van der Waals surface area contributed by atoms with Crippen molar-refractivity contribution in [3.8, 4) is 0 Å². The van der Waals surface area contributed by atoms with Crippen LogP contribution in [0, 0.1) is 0 Å². The highest BCUT2D eigenvalue weighted by Gasteiger charge is 2.31. The molecule has 1 fully saturated rings. The first kappa shape index (κ1) is 17.8. The van der Waals surface area contributed by atoms with E-state index in [2.05, 4.69) is 20.1 Å². The van der Waals surface area contributed by atoms with Crippen LogP contribution in [-0.4, -0.2) is 51.3 Å². The highest BCUT2D eigenvalue weighted by Crippen LogP contribution is 1.98. The molecule has 1 rings (SSSR count). The van der Waals surface area contributed by atoms with E-state index in [9.17, 15) is 9.59 Å². The quantitative estimate of drug-likeness (QED) is 0.636. The Labute approximate surface area is 106 Å². The molecule has 0 aromatic rings. The zero-order chi connectivity index (χ0) is 10.6. The molecular formula is C8H16Cl2N2O4. The van der Waals surface area contributed by atoms with Gasteiger partial charge in [-0.15, -0.1) is 24.8 Å². The molecule has 0 bridgehead atoms. The minimum absolute atomic E-state index is 0. The Morgan fingerprint density at radius 1 is 1.00 bits per heavy atom. The maximum atomic E-state index is 11.1. The molecule has 6 nitrogen and oxygen atoms in total. The number of carbonyl (C=O) groups is 2. The summed E-state index contributed by atoms with van der Waals surface area (Å²) in [7, 11) is 2.62. The van der Waals surface area contributed by atoms with E-state index in [4.69, 9.17) is 0 Å². The van der Waals surface area contributed by atoms with Gasteiger partial charge in [0.25, 0.3) is 0 Å². The second kappa shape index (κ2) is 8.58. The number of nitrogens with one attached hydrogen (secondary N) is 2. The Hall–Kier alpha value is -0.560. The Morgan fingerprint density at radius 2 is 1.38 bits per heavy atom. The third-order valence-electron chi connectivity index (χ3n) is 2.07. The fourth-order valence-electron chi connectivity index (χ4n) is 1.32. The Balaban J connectivity index is 0. The molecule has 0 radical (unpaired) electrons. The van der Waals surface area contributed by atoms with Crippen LogP contribution < -0.4 is 10.6 Å². The summed E-state index contributed by atoms with van der Waals surface area (Å²) < 4.78 is 9.12. The Bertz CT molecular complexity index is 218. The van der Waals surface area contributed by atoms with E-state index in [0.29, 0.717) is 13.1 Å². The van der Waals surface area contributed by atoms with Crippen LogP contribution in [0.4, 0.5) is 0 Å². The van der Waals surface area contributed by atoms with Crippen molar-refractivity contribution in [1.82, 2.24) is 10.6 Å². The predicted molar refractivity (Wildman–Crippen MR) is 62.1 cm³/mol. The molecule has 2 unspecified atom stereocenters. The molecule has 0 aromatic carbocycles. The van der Waals surface area contributed by atoms with Crippen molar-refractivity contribution in [2.75, 3.05) is 27.3 Å². The number of esters is 2. The lowest BCUT2D eigenvalue weighted by Gasteiger charge is -2.28. The number of methoxy groups -OCH3 is 2. The predicted octanol–water partition coefficient (Wildman–Crippen LogP) is -0.894. The van der Waals surface area contributed by atoms with E-state index in [0.717, 1.165) is 0 Å². The van der Waals surface area contributed by atoms with Crippen molar-refractivity contribution >= 4 is 36.8 Å². The molecular weight excluding hydrogens is 259 g/mol. The van der Waals surface area contributed by atoms with Crippen molar-refractivity contribution in [3.05, 3.63) is 0 Å².